The zero-order chi connectivity index (χ0) is 15.2. The van der Waals surface area contributed by atoms with Gasteiger partial charge in [-0.15, -0.1) is 0 Å². The van der Waals surface area contributed by atoms with E-state index in [0.29, 0.717) is 23.7 Å². The van der Waals surface area contributed by atoms with E-state index in [2.05, 4.69) is 0 Å². The number of rotatable bonds is 6. The lowest BCUT2D eigenvalue weighted by atomic mass is 10.1. The topological polar surface area (TPSA) is 44.8 Å². The van der Waals surface area contributed by atoms with Gasteiger partial charge in [-0.1, -0.05) is 11.6 Å². The Kier molecular flexibility index (Phi) is 4.82. The van der Waals surface area contributed by atoms with Gasteiger partial charge >= 0.3 is 0 Å². The summed E-state index contributed by atoms with van der Waals surface area (Å²) in [5.41, 5.74) is 2.64. The van der Waals surface area contributed by atoms with Crippen molar-refractivity contribution < 1.29 is 19.0 Å². The van der Waals surface area contributed by atoms with Gasteiger partial charge in [0.05, 0.1) is 14.2 Å². The second kappa shape index (κ2) is 6.79. The van der Waals surface area contributed by atoms with Crippen molar-refractivity contribution in [3.8, 4) is 17.2 Å². The molecule has 2 aromatic rings. The van der Waals surface area contributed by atoms with Gasteiger partial charge in [0.25, 0.3) is 0 Å². The Labute approximate surface area is 124 Å². The Bertz CT molecular complexity index is 635. The third-order valence-corrected chi connectivity index (χ3v) is 3.14. The van der Waals surface area contributed by atoms with E-state index in [9.17, 15) is 4.79 Å². The number of aryl methyl sites for hydroxylation is 1. The highest BCUT2D eigenvalue weighted by Crippen LogP contribution is 2.29. The molecule has 0 bridgehead atoms. The summed E-state index contributed by atoms with van der Waals surface area (Å²) in [4.78, 5) is 10.8. The van der Waals surface area contributed by atoms with Crippen LogP contribution in [0.25, 0.3) is 0 Å². The number of benzene rings is 2. The molecule has 0 heterocycles. The molecule has 2 aromatic carbocycles. The van der Waals surface area contributed by atoms with Gasteiger partial charge in [-0.3, -0.25) is 4.79 Å². The van der Waals surface area contributed by atoms with E-state index < -0.39 is 0 Å². The molecule has 0 amide bonds. The summed E-state index contributed by atoms with van der Waals surface area (Å²) < 4.78 is 16.4. The van der Waals surface area contributed by atoms with E-state index >= 15 is 0 Å². The Morgan fingerprint density at radius 2 is 1.67 bits per heavy atom. The first-order valence-electron chi connectivity index (χ1n) is 6.57. The Morgan fingerprint density at radius 1 is 0.952 bits per heavy atom. The van der Waals surface area contributed by atoms with Gasteiger partial charge in [0, 0.05) is 11.1 Å². The smallest absolute Gasteiger partial charge is 0.161 e. The third-order valence-electron chi connectivity index (χ3n) is 3.14. The highest BCUT2D eigenvalue weighted by atomic mass is 16.5. The predicted molar refractivity (Wildman–Crippen MR) is 80.4 cm³/mol. The molecular weight excluding hydrogens is 268 g/mol. The first kappa shape index (κ1) is 14.9. The quantitative estimate of drug-likeness (QED) is 0.763. The Morgan fingerprint density at radius 3 is 2.33 bits per heavy atom. The fourth-order valence-corrected chi connectivity index (χ4v) is 2.05. The minimum atomic E-state index is 0.363. The van der Waals surface area contributed by atoms with E-state index in [0.717, 1.165) is 23.2 Å². The zero-order valence-corrected chi connectivity index (χ0v) is 12.4. The number of aldehydes is 1. The maximum atomic E-state index is 10.8. The van der Waals surface area contributed by atoms with Crippen molar-refractivity contribution in [2.45, 2.75) is 13.5 Å². The molecule has 0 spiro atoms. The number of carbonyl (C=O) groups is 1. The van der Waals surface area contributed by atoms with Gasteiger partial charge in [0.15, 0.2) is 11.5 Å². The molecule has 0 aliphatic rings. The normalized spacial score (nSPS) is 10.0. The first-order valence-corrected chi connectivity index (χ1v) is 6.57. The fourth-order valence-electron chi connectivity index (χ4n) is 2.05. The summed E-state index contributed by atoms with van der Waals surface area (Å²) >= 11 is 0. The molecule has 0 unspecified atom stereocenters. The molecular formula is C17H18O4. The highest BCUT2D eigenvalue weighted by Gasteiger charge is 2.08. The summed E-state index contributed by atoms with van der Waals surface area (Å²) in [6.07, 6.45) is 0.774. The maximum Gasteiger partial charge on any atom is 0.161 e. The number of ether oxygens (including phenoxy) is 3. The van der Waals surface area contributed by atoms with Crippen LogP contribution < -0.4 is 14.2 Å². The summed E-state index contributed by atoms with van der Waals surface area (Å²) in [7, 11) is 3.18. The van der Waals surface area contributed by atoms with Crippen molar-refractivity contribution in [1.82, 2.24) is 0 Å². The van der Waals surface area contributed by atoms with Crippen LogP contribution in [0.15, 0.2) is 36.4 Å². The molecule has 0 fully saturated rings. The van der Waals surface area contributed by atoms with E-state index in [1.807, 2.05) is 25.1 Å². The molecule has 2 rings (SSSR count). The van der Waals surface area contributed by atoms with E-state index in [-0.39, 0.29) is 0 Å². The van der Waals surface area contributed by atoms with Crippen LogP contribution >= 0.6 is 0 Å². The minimum absolute atomic E-state index is 0.363. The number of hydrogen-bond acceptors (Lipinski definition) is 4. The van der Waals surface area contributed by atoms with Crippen LogP contribution in [-0.2, 0) is 6.61 Å². The van der Waals surface area contributed by atoms with Gasteiger partial charge in [-0.05, 0) is 37.3 Å². The molecule has 0 radical (unpaired) electrons. The van der Waals surface area contributed by atoms with Crippen molar-refractivity contribution in [2.24, 2.45) is 0 Å². The lowest BCUT2D eigenvalue weighted by molar-refractivity contribution is 0.112. The third kappa shape index (κ3) is 3.54. The van der Waals surface area contributed by atoms with Gasteiger partial charge in [-0.25, -0.2) is 0 Å². The minimum Gasteiger partial charge on any atom is -0.496 e. The monoisotopic (exact) mass is 286 g/mol. The number of methoxy groups -OCH3 is 2. The standard InChI is InChI=1S/C17H18O4/c1-12-4-6-15(19-2)14(8-12)11-21-16-7-5-13(10-18)9-17(16)20-3/h4-10H,11H2,1-3H3. The van der Waals surface area contributed by atoms with Crippen molar-refractivity contribution in [2.75, 3.05) is 14.2 Å². The second-order valence-corrected chi connectivity index (χ2v) is 4.63. The molecule has 0 aliphatic heterocycles. The van der Waals surface area contributed by atoms with Gasteiger partial charge in [-0.2, -0.15) is 0 Å². The number of carbonyl (C=O) groups excluding carboxylic acids is 1. The van der Waals surface area contributed by atoms with Crippen molar-refractivity contribution in [1.29, 1.82) is 0 Å². The van der Waals surface area contributed by atoms with Crippen LogP contribution in [-0.4, -0.2) is 20.5 Å². The summed E-state index contributed by atoms with van der Waals surface area (Å²) in [6.45, 7) is 2.38. The second-order valence-electron chi connectivity index (χ2n) is 4.63. The molecule has 0 aliphatic carbocycles. The predicted octanol–water partition coefficient (Wildman–Crippen LogP) is 3.40. The van der Waals surface area contributed by atoms with Gasteiger partial charge < -0.3 is 14.2 Å². The van der Waals surface area contributed by atoms with Crippen LogP contribution in [0, 0.1) is 6.92 Å². The summed E-state index contributed by atoms with van der Waals surface area (Å²) in [5, 5.41) is 0. The van der Waals surface area contributed by atoms with Crippen LogP contribution in [0.3, 0.4) is 0 Å². The van der Waals surface area contributed by atoms with Gasteiger partial charge in [0.2, 0.25) is 0 Å². The van der Waals surface area contributed by atoms with E-state index in [4.69, 9.17) is 14.2 Å². The molecule has 4 heteroatoms. The molecule has 0 aromatic heterocycles. The van der Waals surface area contributed by atoms with Crippen molar-refractivity contribution in [3.63, 3.8) is 0 Å². The SMILES string of the molecule is COc1ccc(C)cc1COc1ccc(C=O)cc1OC. The lowest BCUT2D eigenvalue weighted by Crippen LogP contribution is -2.01. The van der Waals surface area contributed by atoms with E-state index in [1.165, 1.54) is 0 Å². The van der Waals surface area contributed by atoms with Crippen LogP contribution in [0.2, 0.25) is 0 Å². The average Bonchev–Trinajstić information content (AvgIpc) is 2.52. The number of hydrogen-bond donors (Lipinski definition) is 0. The fraction of sp³-hybridized carbons (Fsp3) is 0.235. The highest BCUT2D eigenvalue weighted by molar-refractivity contribution is 5.76. The molecule has 0 atom stereocenters. The molecule has 0 saturated carbocycles. The summed E-state index contributed by atoms with van der Waals surface area (Å²) in [6, 6.07) is 11.0. The molecule has 21 heavy (non-hydrogen) atoms. The molecule has 0 saturated heterocycles. The Balaban J connectivity index is 2.20. The van der Waals surface area contributed by atoms with Crippen LogP contribution in [0.5, 0.6) is 17.2 Å². The van der Waals surface area contributed by atoms with Crippen LogP contribution in [0.1, 0.15) is 21.5 Å². The van der Waals surface area contributed by atoms with Crippen molar-refractivity contribution >= 4 is 6.29 Å². The zero-order valence-electron chi connectivity index (χ0n) is 12.4. The summed E-state index contributed by atoms with van der Waals surface area (Å²) in [5.74, 6) is 1.90. The largest absolute Gasteiger partial charge is 0.496 e. The average molecular weight is 286 g/mol. The van der Waals surface area contributed by atoms with Crippen LogP contribution in [0.4, 0.5) is 0 Å². The molecule has 110 valence electrons. The van der Waals surface area contributed by atoms with E-state index in [1.54, 1.807) is 32.4 Å². The lowest BCUT2D eigenvalue weighted by Gasteiger charge is -2.13. The van der Waals surface area contributed by atoms with Gasteiger partial charge in [0.1, 0.15) is 18.6 Å². The molecule has 0 N–H and O–H groups in total. The molecule has 4 nitrogen and oxygen atoms in total. The first-order chi connectivity index (χ1) is 10.2. The Hall–Kier alpha value is -2.49. The van der Waals surface area contributed by atoms with Crippen molar-refractivity contribution in [3.05, 3.63) is 53.1 Å². The maximum absolute atomic E-state index is 10.8.